The normalized spacial score (nSPS) is 11.4. The Morgan fingerprint density at radius 2 is 2.00 bits per heavy atom. The number of hydrogen-bond acceptors (Lipinski definition) is 4. The number of nitrogens with one attached hydrogen (secondary N) is 1. The van der Waals surface area contributed by atoms with Crippen molar-refractivity contribution < 1.29 is 9.18 Å². The van der Waals surface area contributed by atoms with E-state index in [0.29, 0.717) is 12.2 Å². The second-order valence-electron chi connectivity index (χ2n) is 6.04. The first-order valence-electron chi connectivity index (χ1n) is 8.85. The van der Waals surface area contributed by atoms with Crippen LogP contribution in [0, 0.1) is 5.82 Å². The van der Waals surface area contributed by atoms with E-state index in [1.165, 1.54) is 23.5 Å². The number of imidazole rings is 1. The fourth-order valence-electron chi connectivity index (χ4n) is 2.84. The molecule has 0 aliphatic rings. The van der Waals surface area contributed by atoms with Crippen LogP contribution in [0.15, 0.2) is 35.8 Å². The van der Waals surface area contributed by atoms with E-state index in [2.05, 4.69) is 29.0 Å². The van der Waals surface area contributed by atoms with E-state index in [9.17, 15) is 9.18 Å². The van der Waals surface area contributed by atoms with Crippen LogP contribution in [0.5, 0.6) is 0 Å². The first-order chi connectivity index (χ1) is 12.6. The van der Waals surface area contributed by atoms with E-state index >= 15 is 0 Å². The number of halogens is 1. The Morgan fingerprint density at radius 1 is 1.27 bits per heavy atom. The second kappa shape index (κ2) is 8.42. The summed E-state index contributed by atoms with van der Waals surface area (Å²) in [4.78, 5) is 20.1. The Bertz CT molecular complexity index is 867. The van der Waals surface area contributed by atoms with Crippen molar-refractivity contribution in [2.75, 3.05) is 26.2 Å². The third-order valence-corrected chi connectivity index (χ3v) is 5.25. The zero-order valence-corrected chi connectivity index (χ0v) is 15.9. The summed E-state index contributed by atoms with van der Waals surface area (Å²) in [6.45, 7) is 7.95. The lowest BCUT2D eigenvalue weighted by Crippen LogP contribution is -2.30. The molecule has 0 radical (unpaired) electrons. The Balaban J connectivity index is 1.66. The number of carbonyl (C=O) groups is 1. The van der Waals surface area contributed by atoms with Crippen LogP contribution in [0.3, 0.4) is 0 Å². The van der Waals surface area contributed by atoms with Crippen molar-refractivity contribution >= 4 is 22.2 Å². The Morgan fingerprint density at radius 3 is 2.69 bits per heavy atom. The van der Waals surface area contributed by atoms with Crippen molar-refractivity contribution in [1.82, 2.24) is 19.6 Å². The molecule has 0 saturated heterocycles. The number of aromatic nitrogens is 2. The summed E-state index contributed by atoms with van der Waals surface area (Å²) < 4.78 is 14.9. The standard InChI is InChI=1S/C19H23FN4OS/c1-3-23(4-2)11-5-10-21-18(25)17-13-26-19-22-16(12-24(17)19)14-6-8-15(20)9-7-14/h6-9,12-13H,3-5,10-11H2,1-2H3,(H,21,25). The van der Waals surface area contributed by atoms with E-state index in [1.807, 2.05) is 11.6 Å². The third-order valence-electron chi connectivity index (χ3n) is 4.41. The first kappa shape index (κ1) is 18.5. The molecule has 1 N–H and O–H groups in total. The predicted molar refractivity (Wildman–Crippen MR) is 103 cm³/mol. The van der Waals surface area contributed by atoms with Gasteiger partial charge in [-0.1, -0.05) is 13.8 Å². The molecule has 5 nitrogen and oxygen atoms in total. The van der Waals surface area contributed by atoms with Crippen molar-refractivity contribution in [3.8, 4) is 11.3 Å². The number of carbonyl (C=O) groups excluding carboxylic acids is 1. The van der Waals surface area contributed by atoms with Gasteiger partial charge in [0.05, 0.1) is 5.69 Å². The molecule has 0 fully saturated rings. The summed E-state index contributed by atoms with van der Waals surface area (Å²) >= 11 is 1.42. The number of benzene rings is 1. The lowest BCUT2D eigenvalue weighted by molar-refractivity contribution is 0.0946. The summed E-state index contributed by atoms with van der Waals surface area (Å²) in [6.07, 6.45) is 2.75. The van der Waals surface area contributed by atoms with Gasteiger partial charge >= 0.3 is 0 Å². The molecule has 0 unspecified atom stereocenters. The fraction of sp³-hybridized carbons (Fsp3) is 0.368. The van der Waals surface area contributed by atoms with Gasteiger partial charge in [-0.15, -0.1) is 11.3 Å². The molecule has 3 aromatic rings. The van der Waals surface area contributed by atoms with Gasteiger partial charge in [0.25, 0.3) is 5.91 Å². The number of amides is 1. The minimum Gasteiger partial charge on any atom is -0.351 e. The number of thiazole rings is 1. The maximum absolute atomic E-state index is 13.1. The Kier molecular flexibility index (Phi) is 6.00. The zero-order valence-electron chi connectivity index (χ0n) is 15.0. The Hall–Kier alpha value is -2.25. The lowest BCUT2D eigenvalue weighted by Gasteiger charge is -2.17. The minimum atomic E-state index is -0.278. The van der Waals surface area contributed by atoms with Crippen molar-refractivity contribution in [3.05, 3.63) is 47.4 Å². The highest BCUT2D eigenvalue weighted by atomic mass is 32.1. The molecule has 0 bridgehead atoms. The number of nitrogens with zero attached hydrogens (tertiary/aromatic N) is 3. The molecule has 0 spiro atoms. The van der Waals surface area contributed by atoms with Crippen LogP contribution in [0.25, 0.3) is 16.2 Å². The molecule has 26 heavy (non-hydrogen) atoms. The SMILES string of the molecule is CCN(CC)CCCNC(=O)c1csc2nc(-c3ccc(F)cc3)cn12. The zero-order chi connectivity index (χ0) is 18.5. The summed E-state index contributed by atoms with van der Waals surface area (Å²) in [5, 5.41) is 4.80. The molecule has 3 rings (SSSR count). The van der Waals surface area contributed by atoms with Crippen molar-refractivity contribution in [3.63, 3.8) is 0 Å². The molecule has 2 aromatic heterocycles. The highest BCUT2D eigenvalue weighted by Crippen LogP contribution is 2.23. The molecule has 0 atom stereocenters. The minimum absolute atomic E-state index is 0.0983. The van der Waals surface area contributed by atoms with Gasteiger partial charge in [0.2, 0.25) is 0 Å². The predicted octanol–water partition coefficient (Wildman–Crippen LogP) is 3.66. The molecule has 0 aliphatic carbocycles. The quantitative estimate of drug-likeness (QED) is 0.612. The monoisotopic (exact) mass is 374 g/mol. The highest BCUT2D eigenvalue weighted by molar-refractivity contribution is 7.15. The molecule has 2 heterocycles. The van der Waals surface area contributed by atoms with E-state index < -0.39 is 0 Å². The van der Waals surface area contributed by atoms with Gasteiger partial charge in [-0.3, -0.25) is 9.20 Å². The molecule has 1 aromatic carbocycles. The average Bonchev–Trinajstić information content (AvgIpc) is 3.23. The van der Waals surface area contributed by atoms with Crippen LogP contribution in [0.2, 0.25) is 0 Å². The summed E-state index contributed by atoms with van der Waals surface area (Å²) in [6, 6.07) is 6.20. The molecule has 7 heteroatoms. The van der Waals surface area contributed by atoms with Gasteiger partial charge < -0.3 is 10.2 Å². The van der Waals surface area contributed by atoms with E-state index in [1.54, 1.807) is 16.5 Å². The number of fused-ring (bicyclic) bond motifs is 1. The topological polar surface area (TPSA) is 49.6 Å². The van der Waals surface area contributed by atoms with Crippen LogP contribution < -0.4 is 5.32 Å². The van der Waals surface area contributed by atoms with Crippen molar-refractivity contribution in [2.24, 2.45) is 0 Å². The summed E-state index contributed by atoms with van der Waals surface area (Å²) in [5.74, 6) is -0.376. The molecule has 1 amide bonds. The summed E-state index contributed by atoms with van der Waals surface area (Å²) in [7, 11) is 0. The van der Waals surface area contributed by atoms with Gasteiger partial charge in [-0.2, -0.15) is 0 Å². The van der Waals surface area contributed by atoms with Crippen LogP contribution in [0.1, 0.15) is 30.8 Å². The van der Waals surface area contributed by atoms with E-state index in [0.717, 1.165) is 42.3 Å². The maximum Gasteiger partial charge on any atom is 0.269 e. The Labute approximate surface area is 156 Å². The van der Waals surface area contributed by atoms with Gasteiger partial charge in [-0.25, -0.2) is 9.37 Å². The lowest BCUT2D eigenvalue weighted by atomic mass is 10.2. The molecular formula is C19H23FN4OS. The largest absolute Gasteiger partial charge is 0.351 e. The first-order valence-corrected chi connectivity index (χ1v) is 9.73. The van der Waals surface area contributed by atoms with Crippen LogP contribution >= 0.6 is 11.3 Å². The fourth-order valence-corrected chi connectivity index (χ4v) is 3.70. The summed E-state index contributed by atoms with van der Waals surface area (Å²) in [5.41, 5.74) is 2.13. The van der Waals surface area contributed by atoms with Crippen molar-refractivity contribution in [1.29, 1.82) is 0 Å². The van der Waals surface area contributed by atoms with Crippen LogP contribution in [-0.4, -0.2) is 46.4 Å². The maximum atomic E-state index is 13.1. The smallest absolute Gasteiger partial charge is 0.269 e. The van der Waals surface area contributed by atoms with E-state index in [4.69, 9.17) is 0 Å². The average molecular weight is 374 g/mol. The van der Waals surface area contributed by atoms with Gasteiger partial charge in [0.1, 0.15) is 11.5 Å². The van der Waals surface area contributed by atoms with Crippen molar-refractivity contribution in [2.45, 2.75) is 20.3 Å². The molecule has 0 aliphatic heterocycles. The van der Waals surface area contributed by atoms with Gasteiger partial charge in [-0.05, 0) is 50.3 Å². The highest BCUT2D eigenvalue weighted by Gasteiger charge is 2.15. The number of hydrogen-bond donors (Lipinski definition) is 1. The number of rotatable bonds is 8. The van der Waals surface area contributed by atoms with Crippen LogP contribution in [-0.2, 0) is 0 Å². The van der Waals surface area contributed by atoms with Gasteiger partial charge in [0, 0.05) is 23.7 Å². The molecular weight excluding hydrogens is 351 g/mol. The molecule has 0 saturated carbocycles. The molecule has 138 valence electrons. The van der Waals surface area contributed by atoms with Gasteiger partial charge in [0.15, 0.2) is 4.96 Å². The third kappa shape index (κ3) is 4.11. The second-order valence-corrected chi connectivity index (χ2v) is 6.88. The van der Waals surface area contributed by atoms with Crippen LogP contribution in [0.4, 0.5) is 4.39 Å². The van der Waals surface area contributed by atoms with E-state index in [-0.39, 0.29) is 11.7 Å².